The summed E-state index contributed by atoms with van der Waals surface area (Å²) in [6, 6.07) is 9.92. The second kappa shape index (κ2) is 6.79. The van der Waals surface area contributed by atoms with E-state index in [1.807, 2.05) is 47.7 Å². The molecule has 0 spiro atoms. The summed E-state index contributed by atoms with van der Waals surface area (Å²) >= 11 is 0. The predicted molar refractivity (Wildman–Crippen MR) is 69.3 cm³/mol. The molecule has 96 valence electrons. The van der Waals surface area contributed by atoms with E-state index in [9.17, 15) is 0 Å². The largest absolute Gasteiger partial charge is 0.493 e. The standard InChI is InChI=1S/C14H20N3O/c1-2-9-17-13-16(12-15-17)10-6-11-18-14-7-4-3-5-8-14/h3-5,7-8,12-13H,2,6,9-11H2,1H3/q+1. The van der Waals surface area contributed by atoms with Crippen LogP contribution in [-0.4, -0.2) is 16.4 Å². The van der Waals surface area contributed by atoms with E-state index >= 15 is 0 Å². The molecule has 0 radical (unpaired) electrons. The average Bonchev–Trinajstić information content (AvgIpc) is 2.84. The number of ether oxygens (including phenoxy) is 1. The first-order valence-electron chi connectivity index (χ1n) is 6.48. The van der Waals surface area contributed by atoms with Crippen molar-refractivity contribution in [3.05, 3.63) is 43.0 Å². The highest BCUT2D eigenvalue weighted by Gasteiger charge is 2.03. The summed E-state index contributed by atoms with van der Waals surface area (Å²) in [6.07, 6.45) is 6.01. The maximum Gasteiger partial charge on any atom is 0.265 e. The van der Waals surface area contributed by atoms with Crippen molar-refractivity contribution in [2.24, 2.45) is 0 Å². The molecule has 4 nitrogen and oxygen atoms in total. The summed E-state index contributed by atoms with van der Waals surface area (Å²) in [6.45, 7) is 4.81. The zero-order valence-corrected chi connectivity index (χ0v) is 10.8. The first kappa shape index (κ1) is 12.6. The van der Waals surface area contributed by atoms with E-state index < -0.39 is 0 Å². The Balaban J connectivity index is 1.68. The molecule has 0 unspecified atom stereocenters. The first-order chi connectivity index (χ1) is 8.88. The number of benzene rings is 1. The van der Waals surface area contributed by atoms with Crippen molar-refractivity contribution in [1.29, 1.82) is 0 Å². The van der Waals surface area contributed by atoms with Crippen molar-refractivity contribution in [2.75, 3.05) is 6.61 Å². The van der Waals surface area contributed by atoms with Crippen molar-refractivity contribution in [1.82, 2.24) is 9.78 Å². The number of rotatable bonds is 7. The zero-order valence-electron chi connectivity index (χ0n) is 10.8. The molecule has 2 rings (SSSR count). The molecule has 0 fully saturated rings. The maximum atomic E-state index is 5.64. The molecule has 2 aromatic rings. The smallest absolute Gasteiger partial charge is 0.265 e. The Hall–Kier alpha value is -1.84. The maximum absolute atomic E-state index is 5.64. The molecule has 1 aromatic heterocycles. The summed E-state index contributed by atoms with van der Waals surface area (Å²) in [5.41, 5.74) is 0. The topological polar surface area (TPSA) is 30.9 Å². The lowest BCUT2D eigenvalue weighted by molar-refractivity contribution is -0.698. The molecule has 1 heterocycles. The van der Waals surface area contributed by atoms with Crippen LogP contribution in [0.15, 0.2) is 43.0 Å². The molecular weight excluding hydrogens is 226 g/mol. The van der Waals surface area contributed by atoms with Crippen molar-refractivity contribution in [2.45, 2.75) is 32.9 Å². The van der Waals surface area contributed by atoms with Gasteiger partial charge in [0.15, 0.2) is 0 Å². The molecule has 18 heavy (non-hydrogen) atoms. The summed E-state index contributed by atoms with van der Waals surface area (Å²) in [5.74, 6) is 0.934. The normalized spacial score (nSPS) is 10.5. The van der Waals surface area contributed by atoms with Crippen LogP contribution in [-0.2, 0) is 13.1 Å². The second-order valence-electron chi connectivity index (χ2n) is 4.26. The van der Waals surface area contributed by atoms with Crippen molar-refractivity contribution in [3.8, 4) is 5.75 Å². The quantitative estimate of drug-likeness (QED) is 0.553. The average molecular weight is 246 g/mol. The minimum atomic E-state index is 0.732. The van der Waals surface area contributed by atoms with E-state index in [1.54, 1.807) is 0 Å². The van der Waals surface area contributed by atoms with Crippen LogP contribution in [0.5, 0.6) is 5.75 Å². The molecule has 0 N–H and O–H groups in total. The van der Waals surface area contributed by atoms with Crippen LogP contribution in [0, 0.1) is 0 Å². The number of nitrogens with zero attached hydrogens (tertiary/aromatic N) is 3. The van der Waals surface area contributed by atoms with E-state index in [0.29, 0.717) is 0 Å². The Labute approximate surface area is 108 Å². The number of hydrogen-bond donors (Lipinski definition) is 0. The lowest BCUT2D eigenvalue weighted by atomic mass is 10.3. The van der Waals surface area contributed by atoms with Gasteiger partial charge in [-0.1, -0.05) is 25.1 Å². The van der Waals surface area contributed by atoms with E-state index in [0.717, 1.165) is 38.3 Å². The van der Waals surface area contributed by atoms with Gasteiger partial charge in [0.1, 0.15) is 12.3 Å². The van der Waals surface area contributed by atoms with Crippen LogP contribution in [0.1, 0.15) is 19.8 Å². The van der Waals surface area contributed by atoms with Gasteiger partial charge < -0.3 is 4.74 Å². The van der Waals surface area contributed by atoms with E-state index in [4.69, 9.17) is 4.74 Å². The second-order valence-corrected chi connectivity index (χ2v) is 4.26. The molecule has 0 aliphatic rings. The predicted octanol–water partition coefficient (Wildman–Crippen LogP) is 2.05. The van der Waals surface area contributed by atoms with Gasteiger partial charge in [-0.2, -0.15) is 0 Å². The van der Waals surface area contributed by atoms with Gasteiger partial charge in [0.2, 0.25) is 6.33 Å². The van der Waals surface area contributed by atoms with Crippen LogP contribution >= 0.6 is 0 Å². The monoisotopic (exact) mass is 246 g/mol. The van der Waals surface area contributed by atoms with Gasteiger partial charge in [-0.3, -0.25) is 0 Å². The Morgan fingerprint density at radius 1 is 1.28 bits per heavy atom. The lowest BCUT2D eigenvalue weighted by Gasteiger charge is -2.04. The number of aryl methyl sites for hydroxylation is 2. The molecule has 1 aromatic carbocycles. The van der Waals surface area contributed by atoms with Gasteiger partial charge in [-0.05, 0) is 18.6 Å². The van der Waals surface area contributed by atoms with Gasteiger partial charge in [-0.15, -0.1) is 4.68 Å². The van der Waals surface area contributed by atoms with E-state index in [-0.39, 0.29) is 0 Å². The SMILES string of the molecule is CCCn1c[n+](CCCOc2ccccc2)cn1. The summed E-state index contributed by atoms with van der Waals surface area (Å²) < 4.78 is 9.71. The molecule has 0 saturated carbocycles. The highest BCUT2D eigenvalue weighted by atomic mass is 16.5. The van der Waals surface area contributed by atoms with Crippen LogP contribution in [0.4, 0.5) is 0 Å². The highest BCUT2D eigenvalue weighted by molar-refractivity contribution is 5.20. The van der Waals surface area contributed by atoms with E-state index in [1.165, 1.54) is 0 Å². The third-order valence-corrected chi connectivity index (χ3v) is 2.66. The van der Waals surface area contributed by atoms with Crippen molar-refractivity contribution in [3.63, 3.8) is 0 Å². The van der Waals surface area contributed by atoms with Gasteiger partial charge in [0, 0.05) is 11.5 Å². The first-order valence-corrected chi connectivity index (χ1v) is 6.48. The van der Waals surface area contributed by atoms with Crippen molar-refractivity contribution >= 4 is 0 Å². The lowest BCUT2D eigenvalue weighted by Crippen LogP contribution is -2.32. The molecule has 0 bridgehead atoms. The Morgan fingerprint density at radius 3 is 2.89 bits per heavy atom. The number of para-hydroxylation sites is 1. The molecular formula is C14H20N3O+. The Bertz CT molecular complexity index is 453. The number of aromatic nitrogens is 3. The van der Waals surface area contributed by atoms with Crippen LogP contribution < -0.4 is 9.30 Å². The Morgan fingerprint density at radius 2 is 2.11 bits per heavy atom. The van der Waals surface area contributed by atoms with Gasteiger partial charge in [0.05, 0.1) is 13.2 Å². The van der Waals surface area contributed by atoms with E-state index in [2.05, 4.69) is 16.6 Å². The van der Waals surface area contributed by atoms with Gasteiger partial charge in [0.25, 0.3) is 6.33 Å². The van der Waals surface area contributed by atoms with Gasteiger partial charge >= 0.3 is 0 Å². The van der Waals surface area contributed by atoms with Gasteiger partial charge in [-0.25, -0.2) is 4.57 Å². The highest BCUT2D eigenvalue weighted by Crippen LogP contribution is 2.08. The molecule has 4 heteroatoms. The third-order valence-electron chi connectivity index (χ3n) is 2.66. The fourth-order valence-electron chi connectivity index (χ4n) is 1.78. The van der Waals surface area contributed by atoms with Crippen LogP contribution in [0.25, 0.3) is 0 Å². The van der Waals surface area contributed by atoms with Crippen molar-refractivity contribution < 1.29 is 9.30 Å². The fourth-order valence-corrected chi connectivity index (χ4v) is 1.78. The minimum absolute atomic E-state index is 0.732. The molecule has 0 amide bonds. The molecule has 0 aliphatic carbocycles. The fraction of sp³-hybridized carbons (Fsp3) is 0.429. The molecule has 0 atom stereocenters. The van der Waals surface area contributed by atoms with Crippen LogP contribution in [0.2, 0.25) is 0 Å². The third kappa shape index (κ3) is 3.87. The molecule has 0 aliphatic heterocycles. The minimum Gasteiger partial charge on any atom is -0.493 e. The summed E-state index contributed by atoms with van der Waals surface area (Å²) in [4.78, 5) is 0. The molecule has 0 saturated heterocycles. The van der Waals surface area contributed by atoms with Crippen LogP contribution in [0.3, 0.4) is 0 Å². The summed E-state index contributed by atoms with van der Waals surface area (Å²) in [5, 5.41) is 4.28. The Kier molecular flexibility index (Phi) is 4.76. The number of hydrogen-bond acceptors (Lipinski definition) is 2. The summed E-state index contributed by atoms with van der Waals surface area (Å²) in [7, 11) is 0. The zero-order chi connectivity index (χ0) is 12.6.